The van der Waals surface area contributed by atoms with Crippen LogP contribution in [0.15, 0.2) is 29.6 Å². The molecule has 1 aliphatic rings. The van der Waals surface area contributed by atoms with Gasteiger partial charge in [0.2, 0.25) is 0 Å². The highest BCUT2D eigenvalue weighted by atomic mass is 32.1. The third kappa shape index (κ3) is 2.72. The summed E-state index contributed by atoms with van der Waals surface area (Å²) in [6, 6.07) is 9.47. The van der Waals surface area contributed by atoms with Crippen molar-refractivity contribution < 1.29 is 0 Å². The van der Waals surface area contributed by atoms with Crippen molar-refractivity contribution in [1.82, 2.24) is 4.98 Å². The zero-order chi connectivity index (χ0) is 12.4. The third-order valence-electron chi connectivity index (χ3n) is 3.20. The van der Waals surface area contributed by atoms with Crippen LogP contribution >= 0.6 is 11.3 Å². The number of rotatable bonds is 5. The van der Waals surface area contributed by atoms with Crippen molar-refractivity contribution in [3.63, 3.8) is 0 Å². The second-order valence-electron chi connectivity index (χ2n) is 4.90. The monoisotopic (exact) mass is 258 g/mol. The molecule has 18 heavy (non-hydrogen) atoms. The Morgan fingerprint density at radius 2 is 2.06 bits per heavy atom. The summed E-state index contributed by atoms with van der Waals surface area (Å²) in [7, 11) is 0. The lowest BCUT2D eigenvalue weighted by Crippen LogP contribution is -1.99. The summed E-state index contributed by atoms with van der Waals surface area (Å²) >= 11 is 1.70. The van der Waals surface area contributed by atoms with Crippen LogP contribution in [-0.2, 0) is 6.42 Å². The fraction of sp³-hybridized carbons (Fsp3) is 0.400. The van der Waals surface area contributed by atoms with E-state index in [1.807, 2.05) is 0 Å². The Balaban J connectivity index is 1.74. The van der Waals surface area contributed by atoms with Crippen molar-refractivity contribution in [3.8, 4) is 11.3 Å². The summed E-state index contributed by atoms with van der Waals surface area (Å²) in [4.78, 5) is 4.64. The van der Waals surface area contributed by atoms with Gasteiger partial charge in [0, 0.05) is 17.0 Å². The molecular formula is C15H18N2S. The standard InChI is InChI=1S/C15H18N2S/c1-2-3-11-4-6-12(7-5-11)14-10-18-15(17-14)16-13-8-9-13/h4-7,10,13H,2-3,8-9H2,1H3,(H,16,17). The molecular weight excluding hydrogens is 240 g/mol. The van der Waals surface area contributed by atoms with Gasteiger partial charge in [-0.2, -0.15) is 0 Å². The minimum Gasteiger partial charge on any atom is -0.359 e. The van der Waals surface area contributed by atoms with E-state index in [0.29, 0.717) is 6.04 Å². The molecule has 1 aliphatic carbocycles. The van der Waals surface area contributed by atoms with E-state index >= 15 is 0 Å². The van der Waals surface area contributed by atoms with Gasteiger partial charge in [-0.05, 0) is 24.8 Å². The van der Waals surface area contributed by atoms with Gasteiger partial charge in [0.25, 0.3) is 0 Å². The van der Waals surface area contributed by atoms with Crippen molar-refractivity contribution >= 4 is 16.5 Å². The SMILES string of the molecule is CCCc1ccc(-c2csc(NC3CC3)n2)cc1. The molecule has 3 heteroatoms. The highest BCUT2D eigenvalue weighted by Crippen LogP contribution is 2.29. The quantitative estimate of drug-likeness (QED) is 0.863. The maximum absolute atomic E-state index is 4.64. The van der Waals surface area contributed by atoms with E-state index in [0.717, 1.165) is 17.2 Å². The number of anilines is 1. The second kappa shape index (κ2) is 5.11. The summed E-state index contributed by atoms with van der Waals surface area (Å²) in [6.07, 6.45) is 4.94. The summed E-state index contributed by atoms with van der Waals surface area (Å²) in [6.45, 7) is 2.21. The van der Waals surface area contributed by atoms with Gasteiger partial charge < -0.3 is 5.32 Å². The number of hydrogen-bond donors (Lipinski definition) is 1. The summed E-state index contributed by atoms with van der Waals surface area (Å²) < 4.78 is 0. The molecule has 0 saturated heterocycles. The number of benzene rings is 1. The number of hydrogen-bond acceptors (Lipinski definition) is 3. The smallest absolute Gasteiger partial charge is 0.183 e. The lowest BCUT2D eigenvalue weighted by atomic mass is 10.1. The Morgan fingerprint density at radius 1 is 1.28 bits per heavy atom. The van der Waals surface area contributed by atoms with Gasteiger partial charge in [-0.15, -0.1) is 11.3 Å². The van der Waals surface area contributed by atoms with Gasteiger partial charge in [-0.1, -0.05) is 37.6 Å². The van der Waals surface area contributed by atoms with Gasteiger partial charge >= 0.3 is 0 Å². The number of nitrogens with one attached hydrogen (secondary N) is 1. The van der Waals surface area contributed by atoms with E-state index in [-0.39, 0.29) is 0 Å². The van der Waals surface area contributed by atoms with E-state index in [4.69, 9.17) is 0 Å². The summed E-state index contributed by atoms with van der Waals surface area (Å²) in [5, 5.41) is 6.64. The average molecular weight is 258 g/mol. The Labute approximate surface area is 112 Å². The molecule has 1 aromatic heterocycles. The maximum Gasteiger partial charge on any atom is 0.183 e. The van der Waals surface area contributed by atoms with Gasteiger partial charge in [0.1, 0.15) is 0 Å². The van der Waals surface area contributed by atoms with Crippen LogP contribution in [0.25, 0.3) is 11.3 Å². The minimum absolute atomic E-state index is 0.677. The van der Waals surface area contributed by atoms with E-state index in [9.17, 15) is 0 Å². The van der Waals surface area contributed by atoms with E-state index < -0.39 is 0 Å². The minimum atomic E-state index is 0.677. The number of aryl methyl sites for hydroxylation is 1. The molecule has 0 atom stereocenters. The molecule has 1 N–H and O–H groups in total. The average Bonchev–Trinajstić information content (AvgIpc) is 3.07. The summed E-state index contributed by atoms with van der Waals surface area (Å²) in [5.41, 5.74) is 3.72. The Kier molecular flexibility index (Phi) is 3.33. The Bertz CT molecular complexity index is 512. The second-order valence-corrected chi connectivity index (χ2v) is 5.76. The summed E-state index contributed by atoms with van der Waals surface area (Å²) in [5.74, 6) is 0. The molecule has 2 aromatic rings. The lowest BCUT2D eigenvalue weighted by molar-refractivity contribution is 0.922. The van der Waals surface area contributed by atoms with Crippen molar-refractivity contribution in [2.45, 2.75) is 38.6 Å². The van der Waals surface area contributed by atoms with E-state index in [1.165, 1.54) is 30.4 Å². The Morgan fingerprint density at radius 3 is 2.72 bits per heavy atom. The molecule has 0 spiro atoms. The molecule has 1 saturated carbocycles. The van der Waals surface area contributed by atoms with Crippen molar-refractivity contribution in [2.24, 2.45) is 0 Å². The molecule has 0 bridgehead atoms. The molecule has 1 heterocycles. The first-order chi connectivity index (χ1) is 8.85. The van der Waals surface area contributed by atoms with Crippen molar-refractivity contribution in [2.75, 3.05) is 5.32 Å². The van der Waals surface area contributed by atoms with Crippen LogP contribution in [0.1, 0.15) is 31.7 Å². The van der Waals surface area contributed by atoms with E-state index in [1.54, 1.807) is 11.3 Å². The van der Waals surface area contributed by atoms with Gasteiger partial charge in [0.05, 0.1) is 5.69 Å². The van der Waals surface area contributed by atoms with E-state index in [2.05, 4.69) is 46.9 Å². The van der Waals surface area contributed by atoms with Gasteiger partial charge in [-0.3, -0.25) is 0 Å². The molecule has 1 aromatic carbocycles. The largest absolute Gasteiger partial charge is 0.359 e. The first kappa shape index (κ1) is 11.7. The van der Waals surface area contributed by atoms with Crippen LogP contribution in [0, 0.1) is 0 Å². The fourth-order valence-electron chi connectivity index (χ4n) is 2.01. The van der Waals surface area contributed by atoms with Gasteiger partial charge in [0.15, 0.2) is 5.13 Å². The highest BCUT2D eigenvalue weighted by molar-refractivity contribution is 7.14. The molecule has 0 amide bonds. The topological polar surface area (TPSA) is 24.9 Å². The van der Waals surface area contributed by atoms with Crippen LogP contribution < -0.4 is 5.32 Å². The lowest BCUT2D eigenvalue weighted by Gasteiger charge is -2.01. The molecule has 0 radical (unpaired) electrons. The molecule has 1 fully saturated rings. The molecule has 0 aliphatic heterocycles. The van der Waals surface area contributed by atoms with Crippen molar-refractivity contribution in [1.29, 1.82) is 0 Å². The number of aromatic nitrogens is 1. The van der Waals surface area contributed by atoms with Crippen LogP contribution in [0.2, 0.25) is 0 Å². The number of thiazole rings is 1. The van der Waals surface area contributed by atoms with Crippen LogP contribution in [0.5, 0.6) is 0 Å². The van der Waals surface area contributed by atoms with Crippen molar-refractivity contribution in [3.05, 3.63) is 35.2 Å². The normalized spacial score (nSPS) is 14.7. The Hall–Kier alpha value is -1.35. The van der Waals surface area contributed by atoms with Crippen LogP contribution in [0.4, 0.5) is 5.13 Å². The predicted octanol–water partition coefficient (Wildman–Crippen LogP) is 4.34. The first-order valence-corrected chi connectivity index (χ1v) is 7.54. The molecule has 3 rings (SSSR count). The maximum atomic E-state index is 4.64. The zero-order valence-corrected chi connectivity index (χ0v) is 11.5. The molecule has 94 valence electrons. The fourth-order valence-corrected chi connectivity index (χ4v) is 2.80. The van der Waals surface area contributed by atoms with Gasteiger partial charge in [-0.25, -0.2) is 4.98 Å². The molecule has 0 unspecified atom stereocenters. The van der Waals surface area contributed by atoms with Crippen LogP contribution in [0.3, 0.4) is 0 Å². The molecule has 2 nitrogen and oxygen atoms in total. The van der Waals surface area contributed by atoms with Crippen LogP contribution in [-0.4, -0.2) is 11.0 Å². The predicted molar refractivity (Wildman–Crippen MR) is 78.2 cm³/mol. The first-order valence-electron chi connectivity index (χ1n) is 6.66. The highest BCUT2D eigenvalue weighted by Gasteiger charge is 2.22. The number of nitrogens with zero attached hydrogens (tertiary/aromatic N) is 1. The zero-order valence-electron chi connectivity index (χ0n) is 10.6. The third-order valence-corrected chi connectivity index (χ3v) is 3.97.